The number of aromatic nitrogens is 2. The molecule has 1 fully saturated rings. The molecule has 2 aromatic heterocycles. The van der Waals surface area contributed by atoms with Gasteiger partial charge in [-0.15, -0.1) is 11.3 Å². The Hall–Kier alpha value is -3.76. The number of pyridine rings is 1. The summed E-state index contributed by atoms with van der Waals surface area (Å²) in [6.45, 7) is 2.41. The monoisotopic (exact) mass is 491 g/mol. The number of anilines is 1. The summed E-state index contributed by atoms with van der Waals surface area (Å²) < 4.78 is 6.41. The van der Waals surface area contributed by atoms with Crippen molar-refractivity contribution in [2.45, 2.75) is 31.4 Å². The van der Waals surface area contributed by atoms with Crippen LogP contribution in [-0.2, 0) is 15.1 Å². The van der Waals surface area contributed by atoms with Crippen LogP contribution in [0.3, 0.4) is 0 Å². The number of methoxy groups -OCH3 is 1. The van der Waals surface area contributed by atoms with E-state index in [2.05, 4.69) is 10.3 Å². The predicted molar refractivity (Wildman–Crippen MR) is 134 cm³/mol. The predicted octanol–water partition coefficient (Wildman–Crippen LogP) is 2.46. The number of fused-ring (bicyclic) bond motifs is 1. The van der Waals surface area contributed by atoms with Crippen LogP contribution in [0.2, 0.25) is 0 Å². The van der Waals surface area contributed by atoms with Gasteiger partial charge in [-0.05, 0) is 43.2 Å². The number of hydrogen-bond acceptors (Lipinski definition) is 8. The molecule has 2 aliphatic heterocycles. The summed E-state index contributed by atoms with van der Waals surface area (Å²) in [5.41, 5.74) is 8.03. The highest BCUT2D eigenvalue weighted by molar-refractivity contribution is 7.18. The van der Waals surface area contributed by atoms with Crippen molar-refractivity contribution in [1.82, 2.24) is 15.3 Å². The lowest BCUT2D eigenvalue weighted by atomic mass is 9.88. The van der Waals surface area contributed by atoms with E-state index in [0.29, 0.717) is 35.4 Å². The zero-order chi connectivity index (χ0) is 24.7. The Morgan fingerprint density at radius 2 is 2.20 bits per heavy atom. The van der Waals surface area contributed by atoms with Gasteiger partial charge in [-0.2, -0.15) is 0 Å². The van der Waals surface area contributed by atoms with Crippen molar-refractivity contribution >= 4 is 44.6 Å². The number of aliphatic hydroxyl groups excluding tert-OH is 1. The first-order valence-electron chi connectivity index (χ1n) is 11.2. The summed E-state index contributed by atoms with van der Waals surface area (Å²) in [5, 5.41) is 13.9. The van der Waals surface area contributed by atoms with Gasteiger partial charge in [0.1, 0.15) is 21.8 Å². The molecule has 10 heteroatoms. The van der Waals surface area contributed by atoms with Crippen LogP contribution in [0.1, 0.15) is 30.3 Å². The second kappa shape index (κ2) is 8.79. The number of thiazole rings is 1. The first-order valence-corrected chi connectivity index (χ1v) is 12.0. The topological polar surface area (TPSA) is 131 Å². The number of benzene rings is 1. The second-order valence-corrected chi connectivity index (χ2v) is 9.77. The zero-order valence-corrected chi connectivity index (χ0v) is 20.1. The highest BCUT2D eigenvalue weighted by Gasteiger charge is 2.35. The number of nitrogens with one attached hydrogen (secondary N) is 1. The fourth-order valence-electron chi connectivity index (χ4n) is 4.47. The van der Waals surface area contributed by atoms with Crippen LogP contribution in [-0.4, -0.2) is 46.6 Å². The molecular formula is C25H25N5O4S. The molecule has 0 bridgehead atoms. The van der Waals surface area contributed by atoms with E-state index >= 15 is 0 Å². The Labute approximate surface area is 205 Å². The minimum Gasteiger partial charge on any atom is -0.494 e. The third kappa shape index (κ3) is 4.04. The number of carbonyl (C=O) groups is 2. The average Bonchev–Trinajstić information content (AvgIpc) is 3.30. The molecule has 180 valence electrons. The third-order valence-electron chi connectivity index (χ3n) is 6.33. The smallest absolute Gasteiger partial charge is 0.250 e. The summed E-state index contributed by atoms with van der Waals surface area (Å²) in [7, 11) is 1.55. The van der Waals surface area contributed by atoms with Gasteiger partial charge < -0.3 is 25.8 Å². The molecule has 35 heavy (non-hydrogen) atoms. The lowest BCUT2D eigenvalue weighted by Crippen LogP contribution is -2.41. The van der Waals surface area contributed by atoms with Crippen molar-refractivity contribution in [2.24, 2.45) is 5.73 Å². The van der Waals surface area contributed by atoms with Gasteiger partial charge in [0.25, 0.3) is 5.91 Å². The maximum atomic E-state index is 12.6. The number of amides is 2. The van der Waals surface area contributed by atoms with Crippen LogP contribution in [0.25, 0.3) is 15.8 Å². The molecule has 1 unspecified atom stereocenters. The molecule has 1 saturated heterocycles. The van der Waals surface area contributed by atoms with Crippen molar-refractivity contribution in [3.05, 3.63) is 65.1 Å². The maximum Gasteiger partial charge on any atom is 0.250 e. The highest BCUT2D eigenvalue weighted by atomic mass is 32.1. The number of primary amides is 1. The zero-order valence-electron chi connectivity index (χ0n) is 19.3. The summed E-state index contributed by atoms with van der Waals surface area (Å²) >= 11 is 1.50. The number of nitrogens with two attached hydrogens (primary N) is 1. The van der Waals surface area contributed by atoms with Crippen molar-refractivity contribution in [3.63, 3.8) is 0 Å². The first-order chi connectivity index (χ1) is 16.8. The highest BCUT2D eigenvalue weighted by Crippen LogP contribution is 2.41. The third-order valence-corrected chi connectivity index (χ3v) is 7.59. The van der Waals surface area contributed by atoms with Gasteiger partial charge >= 0.3 is 0 Å². The number of carbonyl (C=O) groups excluding carboxylic acids is 2. The maximum absolute atomic E-state index is 12.6. The van der Waals surface area contributed by atoms with Gasteiger partial charge in [-0.1, -0.05) is 6.07 Å². The molecular weight excluding hydrogens is 466 g/mol. The Balaban J connectivity index is 1.61. The Bertz CT molecular complexity index is 1400. The summed E-state index contributed by atoms with van der Waals surface area (Å²) in [5.74, 6) is -0.164. The van der Waals surface area contributed by atoms with Gasteiger partial charge in [-0.3, -0.25) is 14.6 Å². The SMILES string of the molecule is COc1cnccc1C1=CC(C)(c2nc3c(N4CC[C@@H](O)CC4=O)cccc3s2)NC=C1C(N)=O. The van der Waals surface area contributed by atoms with Crippen LogP contribution in [0.5, 0.6) is 5.75 Å². The fraction of sp³-hybridized carbons (Fsp3) is 0.280. The molecule has 2 aliphatic rings. The number of ether oxygens (including phenoxy) is 1. The molecule has 4 N–H and O–H groups in total. The number of hydrogen-bond donors (Lipinski definition) is 3. The molecule has 0 radical (unpaired) electrons. The molecule has 3 aromatic rings. The first kappa shape index (κ1) is 23.0. The van der Waals surface area contributed by atoms with Crippen molar-refractivity contribution < 1.29 is 19.4 Å². The molecule has 9 nitrogen and oxygen atoms in total. The molecule has 4 heterocycles. The van der Waals surface area contributed by atoms with Gasteiger partial charge in [0.2, 0.25) is 5.91 Å². The van der Waals surface area contributed by atoms with Crippen molar-refractivity contribution in [2.75, 3.05) is 18.6 Å². The molecule has 0 saturated carbocycles. The molecule has 1 aromatic carbocycles. The van der Waals surface area contributed by atoms with Crippen LogP contribution in [0.15, 0.2) is 54.5 Å². The van der Waals surface area contributed by atoms with E-state index in [4.69, 9.17) is 15.5 Å². The minimum atomic E-state index is -0.758. The van der Waals surface area contributed by atoms with Crippen LogP contribution in [0, 0.1) is 0 Å². The fourth-order valence-corrected chi connectivity index (χ4v) is 5.54. The molecule has 2 amide bonds. The van der Waals surface area contributed by atoms with E-state index in [0.717, 1.165) is 20.9 Å². The number of para-hydroxylation sites is 1. The van der Waals surface area contributed by atoms with Gasteiger partial charge in [0.15, 0.2) is 0 Å². The standard InChI is InChI=1S/C25H25N5O4S/c1-25(11-16(17(12-28-25)23(26)33)15-6-8-27-13-19(15)34-2)24-29-22-18(4-3-5-20(22)35-24)30-9-7-14(31)10-21(30)32/h3-6,8,11-14,28,31H,7,9-10H2,1-2H3,(H2,26,33)/t14-,25?/m1/s1. The van der Waals surface area contributed by atoms with Crippen LogP contribution in [0.4, 0.5) is 5.69 Å². The Morgan fingerprint density at radius 3 is 2.94 bits per heavy atom. The largest absolute Gasteiger partial charge is 0.494 e. The summed E-state index contributed by atoms with van der Waals surface area (Å²) in [6.07, 6.45) is 6.78. The lowest BCUT2D eigenvalue weighted by molar-refractivity contribution is -0.122. The van der Waals surface area contributed by atoms with Gasteiger partial charge in [-0.25, -0.2) is 4.98 Å². The Morgan fingerprint density at radius 1 is 1.37 bits per heavy atom. The van der Waals surface area contributed by atoms with Gasteiger partial charge in [0.05, 0.1) is 41.8 Å². The number of piperidine rings is 1. The number of aliphatic hydroxyl groups is 1. The number of nitrogens with zero attached hydrogens (tertiary/aromatic N) is 3. The average molecular weight is 492 g/mol. The molecule has 5 rings (SSSR count). The van der Waals surface area contributed by atoms with E-state index in [1.165, 1.54) is 11.3 Å². The normalized spacial score (nSPS) is 22.4. The van der Waals surface area contributed by atoms with Crippen LogP contribution >= 0.6 is 11.3 Å². The van der Waals surface area contributed by atoms with E-state index in [-0.39, 0.29) is 12.3 Å². The van der Waals surface area contributed by atoms with E-state index in [1.807, 2.05) is 31.2 Å². The van der Waals surface area contributed by atoms with Crippen molar-refractivity contribution in [3.8, 4) is 5.75 Å². The molecule has 0 aliphatic carbocycles. The lowest BCUT2D eigenvalue weighted by Gasteiger charge is -2.31. The van der Waals surface area contributed by atoms with E-state index in [1.54, 1.807) is 36.7 Å². The second-order valence-electron chi connectivity index (χ2n) is 8.74. The van der Waals surface area contributed by atoms with Gasteiger partial charge in [0, 0.05) is 24.5 Å². The summed E-state index contributed by atoms with van der Waals surface area (Å²) in [6, 6.07) is 7.53. The Kier molecular flexibility index (Phi) is 5.78. The van der Waals surface area contributed by atoms with E-state index in [9.17, 15) is 14.7 Å². The van der Waals surface area contributed by atoms with E-state index < -0.39 is 17.6 Å². The van der Waals surface area contributed by atoms with Crippen LogP contribution < -0.4 is 20.7 Å². The minimum absolute atomic E-state index is 0.104. The number of dihydropyridines is 1. The summed E-state index contributed by atoms with van der Waals surface area (Å²) in [4.78, 5) is 35.6. The number of rotatable bonds is 5. The van der Waals surface area contributed by atoms with Crippen molar-refractivity contribution in [1.29, 1.82) is 0 Å². The molecule has 0 spiro atoms. The quantitative estimate of drug-likeness (QED) is 0.500. The molecule has 2 atom stereocenters.